The van der Waals surface area contributed by atoms with Crippen molar-refractivity contribution < 1.29 is 19.2 Å². The number of allylic oxidation sites excluding steroid dienone is 2. The fraction of sp³-hybridized carbons (Fsp3) is 0.636. The van der Waals surface area contributed by atoms with Gasteiger partial charge in [-0.1, -0.05) is 31.1 Å². The molecule has 0 aromatic heterocycles. The molecule has 0 amide bonds. The second-order valence-corrected chi connectivity index (χ2v) is 9.08. The van der Waals surface area contributed by atoms with E-state index in [1.807, 2.05) is 20.8 Å². The molecule has 0 heterocycles. The average Bonchev–Trinajstić information content (AvgIpc) is 2.82. The SMILES string of the molecule is CC(C)(C)OC(N)=NC1CCCCC1CC(=O)OCC1=CC=CC(C)([N+](=O)[O-])C=C1. The minimum atomic E-state index is -1.26. The molecule has 0 radical (unpaired) electrons. The maximum atomic E-state index is 12.4. The van der Waals surface area contributed by atoms with Crippen molar-refractivity contribution in [3.8, 4) is 0 Å². The summed E-state index contributed by atoms with van der Waals surface area (Å²) >= 11 is 0. The Bertz CT molecular complexity index is 763. The van der Waals surface area contributed by atoms with E-state index >= 15 is 0 Å². The van der Waals surface area contributed by atoms with E-state index in [9.17, 15) is 14.9 Å². The summed E-state index contributed by atoms with van der Waals surface area (Å²) in [6, 6.07) is 0.0940. The molecule has 2 aliphatic carbocycles. The molecule has 0 saturated heterocycles. The zero-order valence-corrected chi connectivity index (χ0v) is 18.3. The first-order valence-corrected chi connectivity index (χ1v) is 10.4. The van der Waals surface area contributed by atoms with Crippen molar-refractivity contribution in [3.63, 3.8) is 0 Å². The molecule has 0 aromatic carbocycles. The molecule has 0 spiro atoms. The number of ether oxygens (including phenoxy) is 2. The number of nitrogens with two attached hydrogens (primary N) is 1. The van der Waals surface area contributed by atoms with Gasteiger partial charge in [0.15, 0.2) is 0 Å². The summed E-state index contributed by atoms with van der Waals surface area (Å²) in [5, 5.41) is 11.2. The molecule has 1 fully saturated rings. The summed E-state index contributed by atoms with van der Waals surface area (Å²) < 4.78 is 11.0. The average molecular weight is 420 g/mol. The number of rotatable bonds is 6. The molecule has 30 heavy (non-hydrogen) atoms. The highest BCUT2D eigenvalue weighted by Crippen LogP contribution is 2.30. The molecule has 2 rings (SSSR count). The number of nitro groups is 1. The summed E-state index contributed by atoms with van der Waals surface area (Å²) in [6.07, 6.45) is 12.1. The highest BCUT2D eigenvalue weighted by Gasteiger charge is 2.31. The second-order valence-electron chi connectivity index (χ2n) is 9.08. The Hall–Kier alpha value is -2.64. The van der Waals surface area contributed by atoms with Crippen molar-refractivity contribution in [2.75, 3.05) is 6.61 Å². The number of esters is 1. The summed E-state index contributed by atoms with van der Waals surface area (Å²) in [5.74, 6) is -0.248. The van der Waals surface area contributed by atoms with Crippen molar-refractivity contribution in [2.45, 2.75) is 77.0 Å². The number of hydrogen-bond donors (Lipinski definition) is 1. The van der Waals surface area contributed by atoms with Crippen LogP contribution in [0.15, 0.2) is 40.9 Å². The van der Waals surface area contributed by atoms with Crippen molar-refractivity contribution >= 4 is 12.0 Å². The number of aliphatic imine (C=N–C) groups is 1. The fourth-order valence-corrected chi connectivity index (χ4v) is 3.51. The predicted molar refractivity (Wildman–Crippen MR) is 116 cm³/mol. The molecular weight excluding hydrogens is 386 g/mol. The van der Waals surface area contributed by atoms with E-state index < -0.39 is 11.1 Å². The lowest BCUT2D eigenvalue weighted by Crippen LogP contribution is -2.33. The zero-order chi connectivity index (χ0) is 22.4. The molecule has 0 bridgehead atoms. The third-order valence-electron chi connectivity index (χ3n) is 5.17. The normalized spacial score (nSPS) is 27.2. The number of nitrogens with zero attached hydrogens (tertiary/aromatic N) is 2. The zero-order valence-electron chi connectivity index (χ0n) is 18.3. The van der Waals surface area contributed by atoms with E-state index in [1.54, 1.807) is 18.2 Å². The van der Waals surface area contributed by atoms with Crippen LogP contribution in [0.3, 0.4) is 0 Å². The van der Waals surface area contributed by atoms with E-state index in [4.69, 9.17) is 15.2 Å². The molecule has 2 aliphatic rings. The third kappa shape index (κ3) is 7.31. The summed E-state index contributed by atoms with van der Waals surface area (Å²) in [5.41, 5.74) is 4.96. The Morgan fingerprint density at radius 1 is 1.33 bits per heavy atom. The first-order valence-electron chi connectivity index (χ1n) is 10.4. The minimum absolute atomic E-state index is 0.0599. The van der Waals surface area contributed by atoms with Gasteiger partial charge in [0.2, 0.25) is 0 Å². The first kappa shape index (κ1) is 23.6. The quantitative estimate of drug-likeness (QED) is 0.231. The van der Waals surface area contributed by atoms with Crippen LogP contribution < -0.4 is 5.73 Å². The molecule has 8 nitrogen and oxygen atoms in total. The van der Waals surface area contributed by atoms with Gasteiger partial charge in [0.05, 0.1) is 12.5 Å². The van der Waals surface area contributed by atoms with Crippen LogP contribution in [-0.2, 0) is 14.3 Å². The molecule has 166 valence electrons. The highest BCUT2D eigenvalue weighted by molar-refractivity contribution is 5.72. The Morgan fingerprint density at radius 3 is 2.70 bits per heavy atom. The monoisotopic (exact) mass is 419 g/mol. The van der Waals surface area contributed by atoms with Gasteiger partial charge in [0.25, 0.3) is 11.6 Å². The van der Waals surface area contributed by atoms with E-state index in [-0.39, 0.29) is 41.9 Å². The van der Waals surface area contributed by atoms with E-state index in [1.165, 1.54) is 19.1 Å². The molecule has 2 N–H and O–H groups in total. The molecule has 0 aromatic rings. The summed E-state index contributed by atoms with van der Waals surface area (Å²) in [7, 11) is 0. The van der Waals surface area contributed by atoms with Crippen LogP contribution in [0.5, 0.6) is 0 Å². The number of carbonyl (C=O) groups is 1. The van der Waals surface area contributed by atoms with Crippen molar-refractivity contribution in [3.05, 3.63) is 46.1 Å². The Labute approximate surface area is 178 Å². The van der Waals surface area contributed by atoms with E-state index in [0.717, 1.165) is 25.7 Å². The standard InChI is InChI=1S/C22H33N3O5/c1-21(2,3)30-20(23)24-18-10-6-5-9-17(18)14-19(26)29-15-16-8-7-12-22(4,13-11-16)25(27)28/h7-8,11-13,17-18H,5-6,9-10,14-15H2,1-4H3,(H2,23,24). The van der Waals surface area contributed by atoms with Crippen LogP contribution in [0.2, 0.25) is 0 Å². The van der Waals surface area contributed by atoms with Crippen molar-refractivity contribution in [1.82, 2.24) is 0 Å². The second kappa shape index (κ2) is 9.91. The Kier molecular flexibility index (Phi) is 7.81. The summed E-state index contributed by atoms with van der Waals surface area (Å²) in [6.45, 7) is 7.31. The maximum Gasteiger partial charge on any atom is 0.306 e. The van der Waals surface area contributed by atoms with Gasteiger partial charge in [-0.3, -0.25) is 14.9 Å². The first-order chi connectivity index (χ1) is 14.0. The van der Waals surface area contributed by atoms with Gasteiger partial charge >= 0.3 is 5.97 Å². The van der Waals surface area contributed by atoms with Gasteiger partial charge in [0.1, 0.15) is 12.2 Å². The van der Waals surface area contributed by atoms with Gasteiger partial charge in [-0.05, 0) is 57.3 Å². The lowest BCUT2D eigenvalue weighted by Gasteiger charge is -2.29. The van der Waals surface area contributed by atoms with Gasteiger partial charge in [-0.25, -0.2) is 4.99 Å². The highest BCUT2D eigenvalue weighted by atomic mass is 16.6. The van der Waals surface area contributed by atoms with Crippen LogP contribution in [0, 0.1) is 16.0 Å². The lowest BCUT2D eigenvalue weighted by atomic mass is 9.83. The molecule has 0 aliphatic heterocycles. The van der Waals surface area contributed by atoms with E-state index in [0.29, 0.717) is 5.57 Å². The minimum Gasteiger partial charge on any atom is -0.461 e. The van der Waals surface area contributed by atoms with Crippen molar-refractivity contribution in [1.29, 1.82) is 0 Å². The smallest absolute Gasteiger partial charge is 0.306 e. The molecule has 3 unspecified atom stereocenters. The Morgan fingerprint density at radius 2 is 2.03 bits per heavy atom. The number of amidine groups is 1. The van der Waals surface area contributed by atoms with E-state index in [2.05, 4.69) is 4.99 Å². The fourth-order valence-electron chi connectivity index (χ4n) is 3.51. The van der Waals surface area contributed by atoms with Gasteiger partial charge in [-0.15, -0.1) is 0 Å². The molecule has 1 saturated carbocycles. The van der Waals surface area contributed by atoms with Gasteiger partial charge in [-0.2, -0.15) is 0 Å². The van der Waals surface area contributed by atoms with Gasteiger partial charge < -0.3 is 15.2 Å². The number of carbonyl (C=O) groups excluding carboxylic acids is 1. The number of hydrogen-bond acceptors (Lipinski definition) is 6. The largest absolute Gasteiger partial charge is 0.461 e. The van der Waals surface area contributed by atoms with Gasteiger partial charge in [0, 0.05) is 11.8 Å². The summed E-state index contributed by atoms with van der Waals surface area (Å²) in [4.78, 5) is 27.8. The molecular formula is C22H33N3O5. The molecule has 3 atom stereocenters. The van der Waals surface area contributed by atoms with Crippen molar-refractivity contribution in [2.24, 2.45) is 16.6 Å². The lowest BCUT2D eigenvalue weighted by molar-refractivity contribution is -0.535. The maximum absolute atomic E-state index is 12.4. The third-order valence-corrected chi connectivity index (χ3v) is 5.17. The van der Waals surface area contributed by atoms with Crippen LogP contribution in [0.1, 0.15) is 59.8 Å². The van der Waals surface area contributed by atoms with Crippen LogP contribution in [0.25, 0.3) is 0 Å². The predicted octanol–water partition coefficient (Wildman–Crippen LogP) is 3.70. The van der Waals surface area contributed by atoms with Crippen LogP contribution in [0.4, 0.5) is 0 Å². The molecule has 8 heteroatoms. The van der Waals surface area contributed by atoms with Crippen LogP contribution in [-0.4, -0.2) is 40.7 Å². The van der Waals surface area contributed by atoms with Crippen LogP contribution >= 0.6 is 0 Å². The topological polar surface area (TPSA) is 117 Å². The Balaban J connectivity index is 1.91.